The number of halogens is 1. The molecule has 144 valence electrons. The van der Waals surface area contributed by atoms with Crippen molar-refractivity contribution in [1.82, 2.24) is 14.9 Å². The van der Waals surface area contributed by atoms with Gasteiger partial charge in [-0.25, -0.2) is 9.37 Å². The number of rotatable bonds is 4. The number of hydrogen-bond donors (Lipinski definition) is 0. The van der Waals surface area contributed by atoms with Crippen LogP contribution in [0.4, 0.5) is 16.2 Å². The highest BCUT2D eigenvalue weighted by molar-refractivity contribution is 5.44. The minimum atomic E-state index is -0.172. The fourth-order valence-corrected chi connectivity index (χ4v) is 3.75. The van der Waals surface area contributed by atoms with Crippen LogP contribution in [0.3, 0.4) is 0 Å². The summed E-state index contributed by atoms with van der Waals surface area (Å²) < 4.78 is 18.9. The van der Waals surface area contributed by atoms with Crippen molar-refractivity contribution < 1.29 is 9.13 Å². The van der Waals surface area contributed by atoms with Gasteiger partial charge in [-0.05, 0) is 30.7 Å². The number of piperazine rings is 1. The molecule has 1 aromatic heterocycles. The van der Waals surface area contributed by atoms with Crippen LogP contribution in [0.15, 0.2) is 36.5 Å². The van der Waals surface area contributed by atoms with Gasteiger partial charge in [0.2, 0.25) is 5.95 Å². The third kappa shape index (κ3) is 4.20. The maximum Gasteiger partial charge on any atom is 0.227 e. The van der Waals surface area contributed by atoms with Gasteiger partial charge >= 0.3 is 0 Å². The fraction of sp³-hybridized carbons (Fsp3) is 0.500. The molecule has 0 saturated carbocycles. The van der Waals surface area contributed by atoms with Crippen LogP contribution in [0.25, 0.3) is 0 Å². The van der Waals surface area contributed by atoms with Crippen molar-refractivity contribution >= 4 is 11.8 Å². The van der Waals surface area contributed by atoms with Crippen LogP contribution in [0.2, 0.25) is 0 Å². The summed E-state index contributed by atoms with van der Waals surface area (Å²) >= 11 is 0. The van der Waals surface area contributed by atoms with Crippen LogP contribution >= 0.6 is 0 Å². The van der Waals surface area contributed by atoms with E-state index in [1.165, 1.54) is 6.07 Å². The van der Waals surface area contributed by atoms with Gasteiger partial charge in [0.1, 0.15) is 11.6 Å². The van der Waals surface area contributed by atoms with Gasteiger partial charge in [-0.2, -0.15) is 4.98 Å². The van der Waals surface area contributed by atoms with Gasteiger partial charge in [0.25, 0.3) is 0 Å². The Balaban J connectivity index is 1.39. The summed E-state index contributed by atoms with van der Waals surface area (Å²) in [5.74, 6) is 1.59. The summed E-state index contributed by atoms with van der Waals surface area (Å²) in [5.41, 5.74) is 1.03. The maximum absolute atomic E-state index is 13.5. The average Bonchev–Trinajstić information content (AvgIpc) is 2.74. The summed E-state index contributed by atoms with van der Waals surface area (Å²) in [7, 11) is 0. The quantitative estimate of drug-likeness (QED) is 0.822. The SMILES string of the molecule is CC(c1cccc(F)c1)N1CCN(c2ccnc(N3CCOCC3)n2)CC1. The molecule has 0 aliphatic carbocycles. The van der Waals surface area contributed by atoms with E-state index in [-0.39, 0.29) is 11.9 Å². The molecule has 1 unspecified atom stereocenters. The molecule has 2 aromatic rings. The third-order valence-electron chi connectivity index (χ3n) is 5.44. The average molecular weight is 371 g/mol. The molecule has 1 atom stereocenters. The molecule has 2 fully saturated rings. The molecule has 2 saturated heterocycles. The first kappa shape index (κ1) is 18.1. The summed E-state index contributed by atoms with van der Waals surface area (Å²) in [6.07, 6.45) is 1.84. The van der Waals surface area contributed by atoms with Crippen LogP contribution in [-0.2, 0) is 4.74 Å². The van der Waals surface area contributed by atoms with Crippen LogP contribution in [0.1, 0.15) is 18.5 Å². The number of anilines is 2. The van der Waals surface area contributed by atoms with Crippen molar-refractivity contribution in [3.05, 3.63) is 47.9 Å². The van der Waals surface area contributed by atoms with Crippen LogP contribution in [0.5, 0.6) is 0 Å². The number of ether oxygens (including phenoxy) is 1. The molecular weight excluding hydrogens is 345 g/mol. The molecule has 7 heteroatoms. The Bertz CT molecular complexity index is 760. The van der Waals surface area contributed by atoms with E-state index < -0.39 is 0 Å². The predicted octanol–water partition coefficient (Wildman–Crippen LogP) is 2.34. The predicted molar refractivity (Wildman–Crippen MR) is 104 cm³/mol. The van der Waals surface area contributed by atoms with Gasteiger partial charge in [-0.1, -0.05) is 12.1 Å². The summed E-state index contributed by atoms with van der Waals surface area (Å²) in [5, 5.41) is 0. The largest absolute Gasteiger partial charge is 0.378 e. The fourth-order valence-electron chi connectivity index (χ4n) is 3.75. The van der Waals surface area contributed by atoms with E-state index >= 15 is 0 Å². The smallest absolute Gasteiger partial charge is 0.227 e. The van der Waals surface area contributed by atoms with E-state index in [0.717, 1.165) is 69.8 Å². The highest BCUT2D eigenvalue weighted by Crippen LogP contribution is 2.24. The van der Waals surface area contributed by atoms with Crippen molar-refractivity contribution in [2.75, 3.05) is 62.3 Å². The first-order valence-electron chi connectivity index (χ1n) is 9.61. The molecule has 3 heterocycles. The Morgan fingerprint density at radius 3 is 2.52 bits per heavy atom. The van der Waals surface area contributed by atoms with Crippen molar-refractivity contribution in [3.63, 3.8) is 0 Å². The van der Waals surface area contributed by atoms with Crippen molar-refractivity contribution in [3.8, 4) is 0 Å². The lowest BCUT2D eigenvalue weighted by Gasteiger charge is -2.39. The summed E-state index contributed by atoms with van der Waals surface area (Å²) in [6, 6.07) is 9.10. The normalized spacial score (nSPS) is 19.9. The molecule has 0 spiro atoms. The maximum atomic E-state index is 13.5. The first-order valence-corrected chi connectivity index (χ1v) is 9.61. The molecule has 2 aliphatic rings. The number of hydrogen-bond acceptors (Lipinski definition) is 6. The molecular formula is C20H26FN5O. The topological polar surface area (TPSA) is 44.7 Å². The second-order valence-electron chi connectivity index (χ2n) is 7.07. The lowest BCUT2D eigenvalue weighted by Crippen LogP contribution is -2.47. The van der Waals surface area contributed by atoms with E-state index in [4.69, 9.17) is 9.72 Å². The Labute approximate surface area is 159 Å². The van der Waals surface area contributed by atoms with Gasteiger partial charge < -0.3 is 14.5 Å². The van der Waals surface area contributed by atoms with E-state index in [2.05, 4.69) is 26.6 Å². The van der Waals surface area contributed by atoms with E-state index in [0.29, 0.717) is 0 Å². The standard InChI is InChI=1S/C20H26FN5O/c1-16(17-3-2-4-18(21)15-17)24-7-9-25(10-8-24)19-5-6-22-20(23-19)26-11-13-27-14-12-26/h2-6,15-16H,7-14H2,1H3. The Hall–Kier alpha value is -2.25. The molecule has 4 rings (SSSR count). The zero-order chi connectivity index (χ0) is 18.6. The Kier molecular flexibility index (Phi) is 5.50. The monoisotopic (exact) mass is 371 g/mol. The van der Waals surface area contributed by atoms with E-state index in [1.54, 1.807) is 12.1 Å². The lowest BCUT2D eigenvalue weighted by atomic mass is 10.1. The highest BCUT2D eigenvalue weighted by atomic mass is 19.1. The van der Waals surface area contributed by atoms with Crippen LogP contribution < -0.4 is 9.80 Å². The van der Waals surface area contributed by atoms with Gasteiger partial charge in [0.15, 0.2) is 0 Å². The number of morpholine rings is 1. The van der Waals surface area contributed by atoms with Crippen molar-refractivity contribution in [1.29, 1.82) is 0 Å². The zero-order valence-corrected chi connectivity index (χ0v) is 15.7. The molecule has 6 nitrogen and oxygen atoms in total. The molecule has 0 radical (unpaired) electrons. The molecule has 0 bridgehead atoms. The van der Waals surface area contributed by atoms with E-state index in [9.17, 15) is 4.39 Å². The van der Waals surface area contributed by atoms with E-state index in [1.807, 2.05) is 18.3 Å². The summed E-state index contributed by atoms with van der Waals surface area (Å²) in [6.45, 7) is 8.92. The second kappa shape index (κ2) is 8.19. The Morgan fingerprint density at radius 2 is 1.78 bits per heavy atom. The van der Waals surface area contributed by atoms with Gasteiger partial charge in [0.05, 0.1) is 13.2 Å². The van der Waals surface area contributed by atoms with Crippen molar-refractivity contribution in [2.45, 2.75) is 13.0 Å². The minimum absolute atomic E-state index is 0.172. The number of benzene rings is 1. The molecule has 2 aliphatic heterocycles. The first-order chi connectivity index (χ1) is 13.2. The molecule has 27 heavy (non-hydrogen) atoms. The third-order valence-corrected chi connectivity index (χ3v) is 5.44. The number of aromatic nitrogens is 2. The molecule has 0 amide bonds. The highest BCUT2D eigenvalue weighted by Gasteiger charge is 2.24. The second-order valence-corrected chi connectivity index (χ2v) is 7.07. The van der Waals surface area contributed by atoms with Crippen LogP contribution in [0, 0.1) is 5.82 Å². The molecule has 0 N–H and O–H groups in total. The minimum Gasteiger partial charge on any atom is -0.378 e. The lowest BCUT2D eigenvalue weighted by molar-refractivity contribution is 0.122. The zero-order valence-electron chi connectivity index (χ0n) is 15.7. The number of nitrogens with zero attached hydrogens (tertiary/aromatic N) is 5. The van der Waals surface area contributed by atoms with Gasteiger partial charge in [-0.3, -0.25) is 4.90 Å². The van der Waals surface area contributed by atoms with Gasteiger partial charge in [-0.15, -0.1) is 0 Å². The van der Waals surface area contributed by atoms with Crippen LogP contribution in [-0.4, -0.2) is 67.4 Å². The van der Waals surface area contributed by atoms with Crippen molar-refractivity contribution in [2.24, 2.45) is 0 Å². The van der Waals surface area contributed by atoms with Gasteiger partial charge in [0, 0.05) is 51.5 Å². The Morgan fingerprint density at radius 1 is 1.00 bits per heavy atom. The molecule has 1 aromatic carbocycles. The summed E-state index contributed by atoms with van der Waals surface area (Å²) in [4.78, 5) is 16.1.